The molecule has 1 aliphatic rings. The van der Waals surface area contributed by atoms with Gasteiger partial charge in [-0.25, -0.2) is 4.79 Å². The molecule has 76 valence electrons. The number of hydrogen-bond donors (Lipinski definition) is 2. The third-order valence-corrected chi connectivity index (χ3v) is 2.45. The van der Waals surface area contributed by atoms with Crippen LogP contribution in [0.25, 0.3) is 0 Å². The first-order valence-electron chi connectivity index (χ1n) is 5.23. The van der Waals surface area contributed by atoms with Crippen LogP contribution in [0.4, 0.5) is 4.79 Å². The van der Waals surface area contributed by atoms with E-state index in [-0.39, 0.29) is 12.1 Å². The highest BCUT2D eigenvalue weighted by atomic mass is 16.2. The third kappa shape index (κ3) is 4.15. The molecule has 1 fully saturated rings. The van der Waals surface area contributed by atoms with Crippen molar-refractivity contribution in [1.29, 1.82) is 0 Å². The molecule has 0 aliphatic heterocycles. The molecular weight excluding hydrogens is 164 g/mol. The Balaban J connectivity index is 2.07. The summed E-state index contributed by atoms with van der Waals surface area (Å²) in [7, 11) is 0. The number of rotatable bonds is 3. The second kappa shape index (κ2) is 5.10. The maximum absolute atomic E-state index is 11.2. The molecule has 0 aromatic carbocycles. The van der Waals surface area contributed by atoms with Gasteiger partial charge in [0.15, 0.2) is 0 Å². The van der Waals surface area contributed by atoms with Gasteiger partial charge in [-0.05, 0) is 32.6 Å². The van der Waals surface area contributed by atoms with Gasteiger partial charge in [-0.2, -0.15) is 0 Å². The molecule has 13 heavy (non-hydrogen) atoms. The molecule has 0 radical (unpaired) electrons. The van der Waals surface area contributed by atoms with Crippen molar-refractivity contribution in [2.24, 2.45) is 5.92 Å². The molecule has 3 nitrogen and oxygen atoms in total. The predicted octanol–water partition coefficient (Wildman–Crippen LogP) is 1.88. The van der Waals surface area contributed by atoms with E-state index < -0.39 is 0 Å². The van der Waals surface area contributed by atoms with Crippen molar-refractivity contribution in [2.75, 3.05) is 6.54 Å². The van der Waals surface area contributed by atoms with Crippen LogP contribution in [0.1, 0.15) is 39.5 Å². The van der Waals surface area contributed by atoms with Crippen molar-refractivity contribution in [3.05, 3.63) is 0 Å². The van der Waals surface area contributed by atoms with Gasteiger partial charge in [-0.3, -0.25) is 0 Å². The zero-order valence-corrected chi connectivity index (χ0v) is 8.60. The highest BCUT2D eigenvalue weighted by Gasteiger charge is 2.15. The highest BCUT2D eigenvalue weighted by Crippen LogP contribution is 2.23. The molecule has 2 amide bonds. The van der Waals surface area contributed by atoms with E-state index in [0.29, 0.717) is 0 Å². The van der Waals surface area contributed by atoms with Gasteiger partial charge >= 0.3 is 6.03 Å². The fraction of sp³-hybridized carbons (Fsp3) is 0.900. The van der Waals surface area contributed by atoms with Crippen LogP contribution >= 0.6 is 0 Å². The lowest BCUT2D eigenvalue weighted by Crippen LogP contribution is -2.41. The van der Waals surface area contributed by atoms with Gasteiger partial charge in [0, 0.05) is 12.6 Å². The average molecular weight is 184 g/mol. The molecule has 0 bridgehead atoms. The van der Waals surface area contributed by atoms with E-state index in [0.717, 1.165) is 12.5 Å². The fourth-order valence-electron chi connectivity index (χ4n) is 1.76. The van der Waals surface area contributed by atoms with Gasteiger partial charge in [0.25, 0.3) is 0 Å². The normalized spacial score (nSPS) is 17.8. The molecule has 0 atom stereocenters. The maximum Gasteiger partial charge on any atom is 0.314 e. The third-order valence-electron chi connectivity index (χ3n) is 2.45. The summed E-state index contributed by atoms with van der Waals surface area (Å²) >= 11 is 0. The van der Waals surface area contributed by atoms with E-state index in [1.54, 1.807) is 0 Å². The molecule has 2 N–H and O–H groups in total. The van der Waals surface area contributed by atoms with E-state index in [4.69, 9.17) is 0 Å². The van der Waals surface area contributed by atoms with Gasteiger partial charge in [0.2, 0.25) is 0 Å². The molecule has 0 saturated heterocycles. The lowest BCUT2D eigenvalue weighted by molar-refractivity contribution is 0.236. The fourth-order valence-corrected chi connectivity index (χ4v) is 1.76. The van der Waals surface area contributed by atoms with Crippen molar-refractivity contribution in [1.82, 2.24) is 10.6 Å². The summed E-state index contributed by atoms with van der Waals surface area (Å²) in [6.07, 6.45) is 5.22. The van der Waals surface area contributed by atoms with Crippen molar-refractivity contribution in [2.45, 2.75) is 45.6 Å². The van der Waals surface area contributed by atoms with E-state index in [9.17, 15) is 4.79 Å². The molecule has 1 aliphatic carbocycles. The first kappa shape index (κ1) is 10.4. The second-order valence-electron chi connectivity index (χ2n) is 4.16. The SMILES string of the molecule is CC(C)NC(=O)NCC1CCCC1. The molecule has 0 aromatic rings. The van der Waals surface area contributed by atoms with Crippen LogP contribution in [-0.2, 0) is 0 Å². The van der Waals surface area contributed by atoms with E-state index >= 15 is 0 Å². The molecular formula is C10H20N2O. The van der Waals surface area contributed by atoms with E-state index in [1.165, 1.54) is 25.7 Å². The molecule has 0 heterocycles. The van der Waals surface area contributed by atoms with Crippen LogP contribution in [0.5, 0.6) is 0 Å². The maximum atomic E-state index is 11.2. The predicted molar refractivity (Wildman–Crippen MR) is 53.6 cm³/mol. The first-order chi connectivity index (χ1) is 6.18. The number of carbonyl (C=O) groups is 1. The van der Waals surface area contributed by atoms with Crippen molar-refractivity contribution >= 4 is 6.03 Å². The van der Waals surface area contributed by atoms with Crippen LogP contribution in [0.3, 0.4) is 0 Å². The van der Waals surface area contributed by atoms with Crippen molar-refractivity contribution < 1.29 is 4.79 Å². The first-order valence-corrected chi connectivity index (χ1v) is 5.23. The molecule has 3 heteroatoms. The van der Waals surface area contributed by atoms with Gasteiger partial charge < -0.3 is 10.6 Å². The van der Waals surface area contributed by atoms with E-state index in [1.807, 2.05) is 13.8 Å². The molecule has 0 unspecified atom stereocenters. The minimum atomic E-state index is -0.0260. The monoisotopic (exact) mass is 184 g/mol. The Morgan fingerprint density at radius 2 is 2.00 bits per heavy atom. The molecule has 1 rings (SSSR count). The quantitative estimate of drug-likeness (QED) is 0.691. The Hall–Kier alpha value is -0.730. The zero-order chi connectivity index (χ0) is 9.68. The highest BCUT2D eigenvalue weighted by molar-refractivity contribution is 5.74. The number of hydrogen-bond acceptors (Lipinski definition) is 1. The van der Waals surface area contributed by atoms with Crippen LogP contribution in [0.2, 0.25) is 0 Å². The zero-order valence-electron chi connectivity index (χ0n) is 8.60. The second-order valence-corrected chi connectivity index (χ2v) is 4.16. The Labute approximate surface area is 80.3 Å². The standard InChI is InChI=1S/C10H20N2O/c1-8(2)12-10(13)11-7-9-5-3-4-6-9/h8-9H,3-7H2,1-2H3,(H2,11,12,13). The largest absolute Gasteiger partial charge is 0.338 e. The Morgan fingerprint density at radius 1 is 1.38 bits per heavy atom. The number of amides is 2. The smallest absolute Gasteiger partial charge is 0.314 e. The van der Waals surface area contributed by atoms with Crippen LogP contribution in [0.15, 0.2) is 0 Å². The number of urea groups is 1. The minimum Gasteiger partial charge on any atom is -0.338 e. The Kier molecular flexibility index (Phi) is 4.06. The summed E-state index contributed by atoms with van der Waals surface area (Å²) in [4.78, 5) is 11.2. The Morgan fingerprint density at radius 3 is 2.54 bits per heavy atom. The van der Waals surface area contributed by atoms with Gasteiger partial charge in [-0.1, -0.05) is 12.8 Å². The summed E-state index contributed by atoms with van der Waals surface area (Å²) in [6, 6.07) is 0.200. The molecule has 1 saturated carbocycles. The van der Waals surface area contributed by atoms with Gasteiger partial charge in [-0.15, -0.1) is 0 Å². The average Bonchev–Trinajstić information content (AvgIpc) is 2.51. The lowest BCUT2D eigenvalue weighted by atomic mass is 10.1. The van der Waals surface area contributed by atoms with Crippen LogP contribution in [-0.4, -0.2) is 18.6 Å². The van der Waals surface area contributed by atoms with Gasteiger partial charge in [0.05, 0.1) is 0 Å². The lowest BCUT2D eigenvalue weighted by Gasteiger charge is -2.13. The minimum absolute atomic E-state index is 0.0260. The summed E-state index contributed by atoms with van der Waals surface area (Å²) in [5.74, 6) is 0.720. The van der Waals surface area contributed by atoms with Crippen molar-refractivity contribution in [3.63, 3.8) is 0 Å². The summed E-state index contributed by atoms with van der Waals surface area (Å²) < 4.78 is 0. The Bertz CT molecular complexity index is 162. The van der Waals surface area contributed by atoms with Crippen LogP contribution < -0.4 is 10.6 Å². The molecule has 0 aromatic heterocycles. The van der Waals surface area contributed by atoms with Crippen molar-refractivity contribution in [3.8, 4) is 0 Å². The number of nitrogens with one attached hydrogen (secondary N) is 2. The summed E-state index contributed by atoms with van der Waals surface area (Å²) in [5, 5.41) is 5.72. The topological polar surface area (TPSA) is 41.1 Å². The summed E-state index contributed by atoms with van der Waals surface area (Å²) in [6.45, 7) is 4.78. The van der Waals surface area contributed by atoms with E-state index in [2.05, 4.69) is 10.6 Å². The van der Waals surface area contributed by atoms with Gasteiger partial charge in [0.1, 0.15) is 0 Å². The van der Waals surface area contributed by atoms with Crippen LogP contribution in [0, 0.1) is 5.92 Å². The molecule has 0 spiro atoms. The summed E-state index contributed by atoms with van der Waals surface area (Å²) in [5.41, 5.74) is 0. The number of carbonyl (C=O) groups excluding carboxylic acids is 1.